The minimum atomic E-state index is 0.940. The first-order valence-electron chi connectivity index (χ1n) is 8.03. The Morgan fingerprint density at radius 1 is 0.500 bits per heavy atom. The Balaban J connectivity index is 1.98. The molecule has 3 aromatic carbocycles. The Morgan fingerprint density at radius 3 is 2.04 bits per heavy atom. The highest BCUT2D eigenvalue weighted by atomic mass is 14.8. The molecule has 2 heteroatoms. The van der Waals surface area contributed by atoms with Crippen LogP contribution in [-0.2, 0) is 0 Å². The number of nitrogens with zero attached hydrogens (tertiary/aromatic N) is 2. The summed E-state index contributed by atoms with van der Waals surface area (Å²) in [5, 5.41) is 5.85. The predicted molar refractivity (Wildman–Crippen MR) is 100.0 cm³/mol. The number of para-hydroxylation sites is 1. The van der Waals surface area contributed by atoms with Crippen molar-refractivity contribution in [2.75, 3.05) is 0 Å². The first-order chi connectivity index (χ1) is 11.9. The Bertz CT molecular complexity index is 1200. The van der Waals surface area contributed by atoms with E-state index in [1.165, 1.54) is 16.2 Å². The van der Waals surface area contributed by atoms with Gasteiger partial charge in [0.15, 0.2) is 0 Å². The van der Waals surface area contributed by atoms with Crippen LogP contribution in [0.5, 0.6) is 0 Å². The molecule has 0 N–H and O–H groups in total. The van der Waals surface area contributed by atoms with E-state index in [0.717, 1.165) is 27.7 Å². The molecule has 112 valence electrons. The maximum atomic E-state index is 4.96. The standard InChI is InChI=1S/C22H14N2/c1-2-8-16-15(7-1)13-14-23-21(16)22-19-11-4-3-9-17(19)18-10-5-6-12-20(18)24-22/h1-14H. The van der Waals surface area contributed by atoms with Crippen molar-refractivity contribution >= 4 is 32.4 Å². The van der Waals surface area contributed by atoms with Crippen LogP contribution in [-0.4, -0.2) is 9.97 Å². The Kier molecular flexibility index (Phi) is 2.83. The molecule has 5 rings (SSSR count). The Morgan fingerprint density at radius 2 is 1.17 bits per heavy atom. The summed E-state index contributed by atoms with van der Waals surface area (Å²) in [6.07, 6.45) is 1.86. The molecule has 5 aromatic rings. The highest BCUT2D eigenvalue weighted by Gasteiger charge is 2.13. The van der Waals surface area contributed by atoms with Crippen molar-refractivity contribution in [1.82, 2.24) is 9.97 Å². The van der Waals surface area contributed by atoms with Gasteiger partial charge >= 0.3 is 0 Å². The molecule has 0 unspecified atom stereocenters. The van der Waals surface area contributed by atoms with Gasteiger partial charge in [-0.05, 0) is 22.9 Å². The molecule has 2 aromatic heterocycles. The highest BCUT2D eigenvalue weighted by molar-refractivity contribution is 6.12. The van der Waals surface area contributed by atoms with Crippen LogP contribution >= 0.6 is 0 Å². The minimum Gasteiger partial charge on any atom is -0.254 e. The third-order valence-electron chi connectivity index (χ3n) is 4.51. The molecule has 0 aliphatic heterocycles. The molecule has 2 nitrogen and oxygen atoms in total. The smallest absolute Gasteiger partial charge is 0.0978 e. The molecule has 0 radical (unpaired) electrons. The van der Waals surface area contributed by atoms with Gasteiger partial charge in [-0.15, -0.1) is 0 Å². The number of hydrogen-bond donors (Lipinski definition) is 0. The van der Waals surface area contributed by atoms with E-state index in [-0.39, 0.29) is 0 Å². The van der Waals surface area contributed by atoms with Crippen molar-refractivity contribution in [1.29, 1.82) is 0 Å². The topological polar surface area (TPSA) is 25.8 Å². The largest absolute Gasteiger partial charge is 0.254 e. The van der Waals surface area contributed by atoms with E-state index >= 15 is 0 Å². The van der Waals surface area contributed by atoms with Gasteiger partial charge in [0.25, 0.3) is 0 Å². The lowest BCUT2D eigenvalue weighted by atomic mass is 10.00. The van der Waals surface area contributed by atoms with Crippen molar-refractivity contribution in [2.45, 2.75) is 0 Å². The Hall–Kier alpha value is -3.26. The summed E-state index contributed by atoms with van der Waals surface area (Å²) in [4.78, 5) is 9.63. The van der Waals surface area contributed by atoms with E-state index < -0.39 is 0 Å². The minimum absolute atomic E-state index is 0.940. The zero-order chi connectivity index (χ0) is 15.9. The van der Waals surface area contributed by atoms with E-state index in [1.807, 2.05) is 18.3 Å². The second kappa shape index (κ2) is 5.14. The predicted octanol–water partition coefficient (Wildman–Crippen LogP) is 5.60. The Labute approximate surface area is 139 Å². The van der Waals surface area contributed by atoms with E-state index in [1.54, 1.807) is 0 Å². The van der Waals surface area contributed by atoms with Crippen molar-refractivity contribution in [3.8, 4) is 11.4 Å². The molecule has 0 amide bonds. The number of hydrogen-bond acceptors (Lipinski definition) is 2. The fourth-order valence-corrected chi connectivity index (χ4v) is 3.39. The van der Waals surface area contributed by atoms with Crippen LogP contribution in [0.2, 0.25) is 0 Å². The number of aromatic nitrogens is 2. The van der Waals surface area contributed by atoms with Crippen LogP contribution < -0.4 is 0 Å². The first-order valence-corrected chi connectivity index (χ1v) is 8.03. The number of pyridine rings is 2. The summed E-state index contributed by atoms with van der Waals surface area (Å²) in [5.74, 6) is 0. The average Bonchev–Trinajstić information content (AvgIpc) is 2.67. The van der Waals surface area contributed by atoms with Crippen molar-refractivity contribution < 1.29 is 0 Å². The van der Waals surface area contributed by atoms with Crippen LogP contribution in [0.15, 0.2) is 85.1 Å². The van der Waals surface area contributed by atoms with Crippen LogP contribution in [0, 0.1) is 0 Å². The monoisotopic (exact) mass is 306 g/mol. The van der Waals surface area contributed by atoms with E-state index in [9.17, 15) is 0 Å². The fourth-order valence-electron chi connectivity index (χ4n) is 3.39. The lowest BCUT2D eigenvalue weighted by molar-refractivity contribution is 1.31. The van der Waals surface area contributed by atoms with Gasteiger partial charge in [-0.25, -0.2) is 4.98 Å². The van der Waals surface area contributed by atoms with E-state index in [4.69, 9.17) is 4.98 Å². The zero-order valence-corrected chi connectivity index (χ0v) is 13.0. The quantitative estimate of drug-likeness (QED) is 0.376. The molecule has 0 bridgehead atoms. The second-order valence-corrected chi connectivity index (χ2v) is 5.90. The SMILES string of the molecule is c1ccc2c(-c3nc4ccccc4c4ccccc34)nccc2c1. The van der Waals surface area contributed by atoms with Gasteiger partial charge in [0.05, 0.1) is 16.9 Å². The van der Waals surface area contributed by atoms with Gasteiger partial charge in [0, 0.05) is 22.4 Å². The lowest BCUT2D eigenvalue weighted by Gasteiger charge is -2.11. The van der Waals surface area contributed by atoms with Crippen LogP contribution in [0.25, 0.3) is 43.8 Å². The van der Waals surface area contributed by atoms with E-state index in [2.05, 4.69) is 71.7 Å². The van der Waals surface area contributed by atoms with Gasteiger partial charge < -0.3 is 0 Å². The molecule has 0 aliphatic rings. The number of rotatable bonds is 1. The van der Waals surface area contributed by atoms with Crippen molar-refractivity contribution in [2.24, 2.45) is 0 Å². The summed E-state index contributed by atoms with van der Waals surface area (Å²) in [6, 6.07) is 27.1. The molecule has 0 saturated carbocycles. The second-order valence-electron chi connectivity index (χ2n) is 5.90. The van der Waals surface area contributed by atoms with Gasteiger partial charge in [-0.1, -0.05) is 66.7 Å². The maximum Gasteiger partial charge on any atom is 0.0978 e. The third kappa shape index (κ3) is 1.90. The summed E-state index contributed by atoms with van der Waals surface area (Å²) < 4.78 is 0. The van der Waals surface area contributed by atoms with Gasteiger partial charge in [0.1, 0.15) is 0 Å². The van der Waals surface area contributed by atoms with Crippen molar-refractivity contribution in [3.05, 3.63) is 85.1 Å². The number of benzene rings is 3. The van der Waals surface area contributed by atoms with Crippen LogP contribution in [0.1, 0.15) is 0 Å². The molecule has 0 atom stereocenters. The van der Waals surface area contributed by atoms with Gasteiger partial charge in [-0.2, -0.15) is 0 Å². The van der Waals surface area contributed by atoms with Gasteiger partial charge in [-0.3, -0.25) is 4.98 Å². The number of fused-ring (bicyclic) bond motifs is 4. The summed E-state index contributed by atoms with van der Waals surface area (Å²) in [6.45, 7) is 0. The molecular weight excluding hydrogens is 292 g/mol. The average molecular weight is 306 g/mol. The highest BCUT2D eigenvalue weighted by Crippen LogP contribution is 2.34. The summed E-state index contributed by atoms with van der Waals surface area (Å²) >= 11 is 0. The molecule has 24 heavy (non-hydrogen) atoms. The van der Waals surface area contributed by atoms with Crippen molar-refractivity contribution in [3.63, 3.8) is 0 Å². The van der Waals surface area contributed by atoms with E-state index in [0.29, 0.717) is 0 Å². The first kappa shape index (κ1) is 13.2. The molecule has 0 fully saturated rings. The summed E-state index contributed by atoms with van der Waals surface area (Å²) in [7, 11) is 0. The van der Waals surface area contributed by atoms with Gasteiger partial charge in [0.2, 0.25) is 0 Å². The molecular formula is C22H14N2. The summed E-state index contributed by atoms with van der Waals surface area (Å²) in [5.41, 5.74) is 2.89. The fraction of sp³-hybridized carbons (Fsp3) is 0. The third-order valence-corrected chi connectivity index (χ3v) is 4.51. The zero-order valence-electron chi connectivity index (χ0n) is 13.0. The van der Waals surface area contributed by atoms with Crippen LogP contribution in [0.4, 0.5) is 0 Å². The molecule has 2 heterocycles. The molecule has 0 saturated heterocycles. The lowest BCUT2D eigenvalue weighted by Crippen LogP contribution is -1.92. The molecule has 0 spiro atoms. The molecule has 0 aliphatic carbocycles. The maximum absolute atomic E-state index is 4.96. The normalized spacial score (nSPS) is 11.3. The van der Waals surface area contributed by atoms with Crippen LogP contribution in [0.3, 0.4) is 0 Å².